The van der Waals surface area contributed by atoms with E-state index in [2.05, 4.69) is 50.2 Å². The molecule has 0 aliphatic heterocycles. The van der Waals surface area contributed by atoms with Crippen molar-refractivity contribution in [3.8, 4) is 0 Å². The third-order valence-electron chi connectivity index (χ3n) is 3.93. The first-order chi connectivity index (χ1) is 9.56. The largest absolute Gasteiger partial charge is 0.370 e. The Labute approximate surface area is 122 Å². The number of rotatable bonds is 7. The van der Waals surface area contributed by atoms with Crippen LogP contribution in [0.1, 0.15) is 64.3 Å². The highest BCUT2D eigenvalue weighted by Gasteiger charge is 2.36. The predicted octanol–water partition coefficient (Wildman–Crippen LogP) is 3.94. The standard InChI is InChI=1S/C16H28N4/c1-6-8-12-9-13(12)18-16-11(5)15(17-7-2)19-14(20-16)10(3)4/h10,12-13H,6-9H2,1-5H3,(H2,17,18,19,20). The smallest absolute Gasteiger partial charge is 0.135 e. The Kier molecular flexibility index (Phi) is 4.84. The van der Waals surface area contributed by atoms with Crippen molar-refractivity contribution in [3.63, 3.8) is 0 Å². The number of anilines is 2. The summed E-state index contributed by atoms with van der Waals surface area (Å²) in [6.07, 6.45) is 3.87. The van der Waals surface area contributed by atoms with Gasteiger partial charge < -0.3 is 10.6 Å². The van der Waals surface area contributed by atoms with E-state index in [0.29, 0.717) is 12.0 Å². The molecule has 0 saturated heterocycles. The Bertz CT molecular complexity index is 456. The molecular weight excluding hydrogens is 248 g/mol. The van der Waals surface area contributed by atoms with Gasteiger partial charge in [0.1, 0.15) is 17.5 Å². The summed E-state index contributed by atoms with van der Waals surface area (Å²) in [7, 11) is 0. The van der Waals surface area contributed by atoms with E-state index < -0.39 is 0 Å². The molecule has 1 aliphatic rings. The van der Waals surface area contributed by atoms with Gasteiger partial charge in [-0.25, -0.2) is 9.97 Å². The predicted molar refractivity (Wildman–Crippen MR) is 85.4 cm³/mol. The molecule has 2 N–H and O–H groups in total. The number of aromatic nitrogens is 2. The monoisotopic (exact) mass is 276 g/mol. The molecule has 0 amide bonds. The van der Waals surface area contributed by atoms with Crippen molar-refractivity contribution in [2.24, 2.45) is 5.92 Å². The first-order valence-electron chi connectivity index (χ1n) is 7.95. The fraction of sp³-hybridized carbons (Fsp3) is 0.750. The van der Waals surface area contributed by atoms with Crippen LogP contribution in [0.2, 0.25) is 0 Å². The third-order valence-corrected chi connectivity index (χ3v) is 3.93. The molecule has 1 fully saturated rings. The fourth-order valence-corrected chi connectivity index (χ4v) is 2.56. The lowest BCUT2D eigenvalue weighted by atomic mass is 10.2. The highest BCUT2D eigenvalue weighted by Crippen LogP contribution is 2.38. The summed E-state index contributed by atoms with van der Waals surface area (Å²) < 4.78 is 0. The van der Waals surface area contributed by atoms with Crippen molar-refractivity contribution >= 4 is 11.6 Å². The average Bonchev–Trinajstić information content (AvgIpc) is 3.12. The third kappa shape index (κ3) is 3.41. The van der Waals surface area contributed by atoms with Crippen LogP contribution >= 0.6 is 0 Å². The van der Waals surface area contributed by atoms with Crippen LogP contribution in [0.4, 0.5) is 11.6 Å². The quantitative estimate of drug-likeness (QED) is 0.792. The highest BCUT2D eigenvalue weighted by molar-refractivity contribution is 5.58. The second kappa shape index (κ2) is 6.42. The van der Waals surface area contributed by atoms with Gasteiger partial charge in [-0.3, -0.25) is 0 Å². The van der Waals surface area contributed by atoms with Crippen LogP contribution in [-0.4, -0.2) is 22.6 Å². The molecule has 0 bridgehead atoms. The fourth-order valence-electron chi connectivity index (χ4n) is 2.56. The molecule has 2 rings (SSSR count). The highest BCUT2D eigenvalue weighted by atomic mass is 15.1. The SMILES string of the molecule is CCCC1CC1Nc1nc(C(C)C)nc(NCC)c1C. The van der Waals surface area contributed by atoms with Crippen LogP contribution in [0.5, 0.6) is 0 Å². The molecule has 1 aromatic rings. The normalized spacial score (nSPS) is 21.1. The van der Waals surface area contributed by atoms with E-state index in [-0.39, 0.29) is 0 Å². The van der Waals surface area contributed by atoms with Gasteiger partial charge in [-0.05, 0) is 32.6 Å². The summed E-state index contributed by atoms with van der Waals surface area (Å²) in [4.78, 5) is 9.37. The Morgan fingerprint density at radius 3 is 2.50 bits per heavy atom. The van der Waals surface area contributed by atoms with Gasteiger partial charge in [-0.1, -0.05) is 27.2 Å². The second-order valence-electron chi connectivity index (χ2n) is 6.12. The van der Waals surface area contributed by atoms with Gasteiger partial charge in [-0.15, -0.1) is 0 Å². The van der Waals surface area contributed by atoms with Gasteiger partial charge in [0.15, 0.2) is 0 Å². The van der Waals surface area contributed by atoms with Crippen molar-refractivity contribution in [3.05, 3.63) is 11.4 Å². The lowest BCUT2D eigenvalue weighted by molar-refractivity contribution is 0.691. The van der Waals surface area contributed by atoms with Crippen LogP contribution in [0, 0.1) is 12.8 Å². The topological polar surface area (TPSA) is 49.8 Å². The zero-order valence-electron chi connectivity index (χ0n) is 13.5. The summed E-state index contributed by atoms with van der Waals surface area (Å²) in [5.41, 5.74) is 1.14. The van der Waals surface area contributed by atoms with Gasteiger partial charge >= 0.3 is 0 Å². The summed E-state index contributed by atoms with van der Waals surface area (Å²) in [5, 5.41) is 6.97. The summed E-state index contributed by atoms with van der Waals surface area (Å²) in [6.45, 7) is 11.6. The Balaban J connectivity index is 2.18. The van der Waals surface area contributed by atoms with Crippen LogP contribution < -0.4 is 10.6 Å². The summed E-state index contributed by atoms with van der Waals surface area (Å²) >= 11 is 0. The van der Waals surface area contributed by atoms with Crippen molar-refractivity contribution in [2.75, 3.05) is 17.2 Å². The summed E-state index contributed by atoms with van der Waals surface area (Å²) in [6, 6.07) is 0.609. The van der Waals surface area contributed by atoms with E-state index in [4.69, 9.17) is 4.98 Å². The minimum Gasteiger partial charge on any atom is -0.370 e. The molecule has 0 radical (unpaired) electrons. The number of hydrogen-bond acceptors (Lipinski definition) is 4. The molecule has 1 aliphatic carbocycles. The van der Waals surface area contributed by atoms with Gasteiger partial charge in [0.25, 0.3) is 0 Å². The van der Waals surface area contributed by atoms with E-state index in [9.17, 15) is 0 Å². The van der Waals surface area contributed by atoms with Crippen molar-refractivity contribution in [1.29, 1.82) is 0 Å². The Morgan fingerprint density at radius 2 is 1.90 bits per heavy atom. The first-order valence-corrected chi connectivity index (χ1v) is 7.95. The zero-order chi connectivity index (χ0) is 14.7. The average molecular weight is 276 g/mol. The van der Waals surface area contributed by atoms with E-state index in [0.717, 1.165) is 35.5 Å². The molecule has 2 atom stereocenters. The van der Waals surface area contributed by atoms with Gasteiger partial charge in [0.05, 0.1) is 0 Å². The van der Waals surface area contributed by atoms with Crippen molar-refractivity contribution in [2.45, 2.75) is 65.8 Å². The van der Waals surface area contributed by atoms with Crippen LogP contribution in [0.25, 0.3) is 0 Å². The van der Waals surface area contributed by atoms with Crippen LogP contribution in [-0.2, 0) is 0 Å². The molecule has 4 nitrogen and oxygen atoms in total. The molecule has 2 unspecified atom stereocenters. The van der Waals surface area contributed by atoms with E-state index >= 15 is 0 Å². The van der Waals surface area contributed by atoms with E-state index in [1.165, 1.54) is 19.3 Å². The maximum atomic E-state index is 4.73. The van der Waals surface area contributed by atoms with E-state index in [1.807, 2.05) is 0 Å². The van der Waals surface area contributed by atoms with Crippen molar-refractivity contribution in [1.82, 2.24) is 9.97 Å². The van der Waals surface area contributed by atoms with E-state index in [1.54, 1.807) is 0 Å². The molecule has 1 aromatic heterocycles. The number of nitrogens with one attached hydrogen (secondary N) is 2. The van der Waals surface area contributed by atoms with Crippen molar-refractivity contribution < 1.29 is 0 Å². The number of hydrogen-bond donors (Lipinski definition) is 2. The second-order valence-corrected chi connectivity index (χ2v) is 6.12. The van der Waals surface area contributed by atoms with Crippen LogP contribution in [0.15, 0.2) is 0 Å². The minimum absolute atomic E-state index is 0.346. The maximum Gasteiger partial charge on any atom is 0.135 e. The van der Waals surface area contributed by atoms with Gasteiger partial charge in [0, 0.05) is 24.1 Å². The molecule has 112 valence electrons. The zero-order valence-corrected chi connectivity index (χ0v) is 13.5. The van der Waals surface area contributed by atoms with Gasteiger partial charge in [0.2, 0.25) is 0 Å². The van der Waals surface area contributed by atoms with Crippen LogP contribution in [0.3, 0.4) is 0 Å². The number of nitrogens with zero attached hydrogens (tertiary/aromatic N) is 2. The molecule has 0 aromatic carbocycles. The minimum atomic E-state index is 0.346. The Hall–Kier alpha value is -1.32. The molecule has 1 heterocycles. The summed E-state index contributed by atoms with van der Waals surface area (Å²) in [5.74, 6) is 4.09. The molecule has 4 heteroatoms. The molecule has 0 spiro atoms. The lowest BCUT2D eigenvalue weighted by Crippen LogP contribution is -2.14. The molecule has 20 heavy (non-hydrogen) atoms. The first kappa shape index (κ1) is 15.1. The Morgan fingerprint density at radius 1 is 1.20 bits per heavy atom. The molecular formula is C16H28N4. The lowest BCUT2D eigenvalue weighted by Gasteiger charge is -2.16. The maximum absolute atomic E-state index is 4.73. The van der Waals surface area contributed by atoms with Gasteiger partial charge in [-0.2, -0.15) is 0 Å². The molecule has 1 saturated carbocycles.